The zero-order valence-electron chi connectivity index (χ0n) is 8.20. The van der Waals surface area contributed by atoms with E-state index in [-0.39, 0.29) is 0 Å². The third-order valence-electron chi connectivity index (χ3n) is 2.02. The van der Waals surface area contributed by atoms with E-state index in [4.69, 9.17) is 40.1 Å². The fraction of sp³-hybridized carbons (Fsp3) is 0.750. The molecule has 84 valence electrons. The minimum atomic E-state index is -1.63. The van der Waals surface area contributed by atoms with E-state index in [0.717, 1.165) is 12.8 Å². The number of hydrogen-bond donors (Lipinski definition) is 0. The average molecular weight is 270 g/mol. The lowest BCUT2D eigenvalue weighted by molar-refractivity contribution is 0.174. The Morgan fingerprint density at radius 1 is 1.53 bits per heavy atom. The monoisotopic (exact) mass is 268 g/mol. The fourth-order valence-electron chi connectivity index (χ4n) is 1.22. The number of hydrazone groups is 1. The Bertz CT molecular complexity index is 281. The number of nitriles is 1. The van der Waals surface area contributed by atoms with Crippen molar-refractivity contribution in [3.05, 3.63) is 0 Å². The molecule has 15 heavy (non-hydrogen) atoms. The molecule has 0 N–H and O–H groups in total. The Morgan fingerprint density at radius 2 is 2.20 bits per heavy atom. The molecule has 1 unspecified atom stereocenters. The van der Waals surface area contributed by atoms with Gasteiger partial charge in [-0.25, -0.2) is 0 Å². The SMILES string of the molecule is CCCCN1N=CN(C(Cl)(Cl)Cl)C1C#N. The Hall–Kier alpha value is -0.370. The van der Waals surface area contributed by atoms with E-state index in [1.54, 1.807) is 5.01 Å². The number of halogens is 3. The van der Waals surface area contributed by atoms with Crippen molar-refractivity contribution < 1.29 is 0 Å². The van der Waals surface area contributed by atoms with Crippen molar-refractivity contribution >= 4 is 41.1 Å². The van der Waals surface area contributed by atoms with Gasteiger partial charge in [0.1, 0.15) is 12.4 Å². The molecule has 0 aliphatic carbocycles. The lowest BCUT2D eigenvalue weighted by Crippen LogP contribution is -2.45. The molecule has 1 aliphatic heterocycles. The van der Waals surface area contributed by atoms with Crippen LogP contribution in [0.25, 0.3) is 0 Å². The van der Waals surface area contributed by atoms with Crippen molar-refractivity contribution in [1.29, 1.82) is 5.26 Å². The molecule has 1 heterocycles. The zero-order valence-corrected chi connectivity index (χ0v) is 10.5. The average Bonchev–Trinajstić information content (AvgIpc) is 2.56. The number of alkyl halides is 3. The summed E-state index contributed by atoms with van der Waals surface area (Å²) in [7, 11) is 0. The highest BCUT2D eigenvalue weighted by molar-refractivity contribution is 6.67. The van der Waals surface area contributed by atoms with E-state index in [1.165, 1.54) is 11.2 Å². The molecule has 4 nitrogen and oxygen atoms in total. The van der Waals surface area contributed by atoms with Crippen molar-refractivity contribution in [2.75, 3.05) is 6.54 Å². The molecule has 1 aliphatic rings. The largest absolute Gasteiger partial charge is 0.282 e. The summed E-state index contributed by atoms with van der Waals surface area (Å²) in [5.74, 6) is 0. The Morgan fingerprint density at radius 3 is 2.67 bits per heavy atom. The van der Waals surface area contributed by atoms with Gasteiger partial charge in [-0.2, -0.15) is 10.4 Å². The first kappa shape index (κ1) is 12.7. The number of unbranched alkanes of at least 4 members (excludes halogenated alkanes) is 1. The highest BCUT2D eigenvalue weighted by atomic mass is 35.6. The summed E-state index contributed by atoms with van der Waals surface area (Å²) in [6, 6.07) is 2.05. The van der Waals surface area contributed by atoms with Gasteiger partial charge in [-0.1, -0.05) is 48.1 Å². The molecule has 0 radical (unpaired) electrons. The minimum absolute atomic E-state index is 0.635. The van der Waals surface area contributed by atoms with Crippen LogP contribution in [0.3, 0.4) is 0 Å². The lowest BCUT2D eigenvalue weighted by atomic mass is 10.3. The Balaban J connectivity index is 2.67. The normalized spacial score (nSPS) is 20.9. The molecule has 1 rings (SSSR count). The first-order valence-electron chi connectivity index (χ1n) is 4.56. The maximum Gasteiger partial charge on any atom is 0.271 e. The lowest BCUT2D eigenvalue weighted by Gasteiger charge is -2.29. The molecule has 0 fully saturated rings. The van der Waals surface area contributed by atoms with Gasteiger partial charge in [0, 0.05) is 6.54 Å². The third kappa shape index (κ3) is 3.04. The summed E-state index contributed by atoms with van der Waals surface area (Å²) in [6.07, 6.45) is 2.72. The van der Waals surface area contributed by atoms with Gasteiger partial charge in [0.25, 0.3) is 3.92 Å². The van der Waals surface area contributed by atoms with E-state index in [0.29, 0.717) is 6.54 Å². The zero-order chi connectivity index (χ0) is 11.5. The maximum absolute atomic E-state index is 8.98. The molecule has 1 atom stereocenters. The number of nitrogens with zero attached hydrogens (tertiary/aromatic N) is 4. The molecule has 0 bridgehead atoms. The fourth-order valence-corrected chi connectivity index (χ4v) is 1.63. The van der Waals surface area contributed by atoms with Crippen LogP contribution in [0, 0.1) is 11.3 Å². The van der Waals surface area contributed by atoms with Crippen molar-refractivity contribution in [3.8, 4) is 6.07 Å². The predicted octanol–water partition coefficient (Wildman–Crippen LogP) is 2.52. The summed E-state index contributed by atoms with van der Waals surface area (Å²) in [6.45, 7) is 2.75. The van der Waals surface area contributed by atoms with Crippen molar-refractivity contribution in [3.63, 3.8) is 0 Å². The first-order chi connectivity index (χ1) is 7.00. The molecule has 0 aromatic heterocycles. The van der Waals surface area contributed by atoms with Crippen LogP contribution in [0.15, 0.2) is 5.10 Å². The third-order valence-corrected chi connectivity index (χ3v) is 2.60. The summed E-state index contributed by atoms with van der Waals surface area (Å²) >= 11 is 17.1. The summed E-state index contributed by atoms with van der Waals surface area (Å²) in [5.41, 5.74) is 0. The summed E-state index contributed by atoms with van der Waals surface area (Å²) in [5, 5.41) is 14.6. The Kier molecular flexibility index (Phi) is 4.32. The maximum atomic E-state index is 8.98. The second-order valence-electron chi connectivity index (χ2n) is 3.13. The highest BCUT2D eigenvalue weighted by Gasteiger charge is 2.39. The summed E-state index contributed by atoms with van der Waals surface area (Å²) in [4.78, 5) is 1.30. The smallest absolute Gasteiger partial charge is 0.271 e. The van der Waals surface area contributed by atoms with E-state index >= 15 is 0 Å². The van der Waals surface area contributed by atoms with Gasteiger partial charge in [0.2, 0.25) is 6.17 Å². The minimum Gasteiger partial charge on any atom is -0.282 e. The van der Waals surface area contributed by atoms with Crippen molar-refractivity contribution in [2.45, 2.75) is 29.8 Å². The summed E-state index contributed by atoms with van der Waals surface area (Å²) < 4.78 is -1.63. The molecule has 0 aromatic rings. The van der Waals surface area contributed by atoms with E-state index in [1.807, 2.05) is 0 Å². The standard InChI is InChI=1S/C8H11Cl3N4/c1-2-3-4-15-7(5-12)14(6-13-15)8(9,10)11/h6-7H,2-4H2,1H3. The second kappa shape index (κ2) is 5.11. The molecule has 0 spiro atoms. The van der Waals surface area contributed by atoms with Gasteiger partial charge in [-0.15, -0.1) is 0 Å². The van der Waals surface area contributed by atoms with E-state index < -0.39 is 10.1 Å². The number of hydrogen-bond acceptors (Lipinski definition) is 4. The van der Waals surface area contributed by atoms with Gasteiger partial charge in [-0.3, -0.25) is 9.91 Å². The highest BCUT2D eigenvalue weighted by Crippen LogP contribution is 2.34. The van der Waals surface area contributed by atoms with Crippen LogP contribution in [0.2, 0.25) is 0 Å². The molecule has 0 saturated carbocycles. The Labute approximate surface area is 104 Å². The van der Waals surface area contributed by atoms with Gasteiger partial charge < -0.3 is 0 Å². The van der Waals surface area contributed by atoms with Crippen LogP contribution in [0.5, 0.6) is 0 Å². The van der Waals surface area contributed by atoms with Crippen molar-refractivity contribution in [2.24, 2.45) is 5.10 Å². The quantitative estimate of drug-likeness (QED) is 0.584. The predicted molar refractivity (Wildman–Crippen MR) is 61.6 cm³/mol. The molecule has 7 heteroatoms. The number of rotatable bonds is 3. The van der Waals surface area contributed by atoms with Gasteiger partial charge in [0.15, 0.2) is 0 Å². The molecule has 0 amide bonds. The van der Waals surface area contributed by atoms with Gasteiger partial charge >= 0.3 is 0 Å². The van der Waals surface area contributed by atoms with E-state index in [2.05, 4.69) is 18.1 Å². The van der Waals surface area contributed by atoms with Gasteiger partial charge in [-0.05, 0) is 6.42 Å². The topological polar surface area (TPSA) is 42.6 Å². The van der Waals surface area contributed by atoms with Crippen LogP contribution in [0.1, 0.15) is 19.8 Å². The van der Waals surface area contributed by atoms with Crippen LogP contribution in [-0.2, 0) is 0 Å². The van der Waals surface area contributed by atoms with Crippen LogP contribution in [-0.4, -0.2) is 32.9 Å². The molecular weight excluding hydrogens is 258 g/mol. The second-order valence-corrected chi connectivity index (χ2v) is 5.35. The van der Waals surface area contributed by atoms with Crippen LogP contribution in [0.4, 0.5) is 0 Å². The van der Waals surface area contributed by atoms with Crippen LogP contribution < -0.4 is 0 Å². The van der Waals surface area contributed by atoms with Gasteiger partial charge in [0.05, 0.1) is 0 Å². The van der Waals surface area contributed by atoms with E-state index in [9.17, 15) is 0 Å². The molecule has 0 saturated heterocycles. The molecular formula is C8H11Cl3N4. The van der Waals surface area contributed by atoms with Crippen LogP contribution >= 0.6 is 34.8 Å². The molecule has 0 aromatic carbocycles. The first-order valence-corrected chi connectivity index (χ1v) is 5.69. The van der Waals surface area contributed by atoms with Crippen molar-refractivity contribution in [1.82, 2.24) is 9.91 Å².